The van der Waals surface area contributed by atoms with Crippen LogP contribution in [0.25, 0.3) is 0 Å². The van der Waals surface area contributed by atoms with Crippen molar-refractivity contribution in [2.24, 2.45) is 0 Å². The molecule has 2 rings (SSSR count). The molecular formula is C15H26N4O2. The number of piperazine rings is 1. The molecule has 1 saturated heterocycles. The van der Waals surface area contributed by atoms with Gasteiger partial charge in [0.2, 0.25) is 5.91 Å². The van der Waals surface area contributed by atoms with Gasteiger partial charge >= 0.3 is 0 Å². The Kier molecular flexibility index (Phi) is 5.36. The van der Waals surface area contributed by atoms with E-state index in [0.29, 0.717) is 0 Å². The third kappa shape index (κ3) is 4.54. The molecule has 0 aromatic carbocycles. The van der Waals surface area contributed by atoms with Crippen LogP contribution in [0.1, 0.15) is 32.2 Å². The van der Waals surface area contributed by atoms with Gasteiger partial charge in [0.25, 0.3) is 0 Å². The van der Waals surface area contributed by atoms with Crippen molar-refractivity contribution < 1.29 is 9.32 Å². The minimum Gasteiger partial charge on any atom is -0.360 e. The van der Waals surface area contributed by atoms with Gasteiger partial charge in [-0.3, -0.25) is 14.6 Å². The van der Waals surface area contributed by atoms with Gasteiger partial charge in [0, 0.05) is 38.3 Å². The number of hydrogen-bond acceptors (Lipinski definition) is 5. The zero-order valence-corrected chi connectivity index (χ0v) is 13.4. The molecule has 1 N–H and O–H groups in total. The summed E-state index contributed by atoms with van der Waals surface area (Å²) in [6, 6.07) is 2.10. The van der Waals surface area contributed by atoms with Crippen LogP contribution < -0.4 is 5.32 Å². The van der Waals surface area contributed by atoms with Gasteiger partial charge in [-0.1, -0.05) is 5.16 Å². The van der Waals surface area contributed by atoms with Crippen LogP contribution in [0, 0.1) is 6.92 Å². The van der Waals surface area contributed by atoms with E-state index in [1.54, 1.807) is 0 Å². The van der Waals surface area contributed by atoms with Gasteiger partial charge in [-0.15, -0.1) is 0 Å². The molecule has 1 atom stereocenters. The van der Waals surface area contributed by atoms with Crippen molar-refractivity contribution >= 4 is 5.91 Å². The molecule has 1 unspecified atom stereocenters. The van der Waals surface area contributed by atoms with Crippen molar-refractivity contribution in [3.05, 3.63) is 17.5 Å². The van der Waals surface area contributed by atoms with E-state index in [-0.39, 0.29) is 18.0 Å². The van der Waals surface area contributed by atoms with Gasteiger partial charge in [-0.2, -0.15) is 0 Å². The molecule has 1 aliphatic heterocycles. The van der Waals surface area contributed by atoms with Crippen molar-refractivity contribution in [1.82, 2.24) is 20.3 Å². The van der Waals surface area contributed by atoms with Crippen LogP contribution in [0.15, 0.2) is 10.6 Å². The summed E-state index contributed by atoms with van der Waals surface area (Å²) in [5.74, 6) is 1.02. The van der Waals surface area contributed by atoms with Gasteiger partial charge in [-0.25, -0.2) is 0 Å². The number of carbonyl (C=O) groups excluding carboxylic acids is 1. The molecule has 21 heavy (non-hydrogen) atoms. The van der Waals surface area contributed by atoms with Gasteiger partial charge in [0.15, 0.2) is 5.76 Å². The first-order valence-corrected chi connectivity index (χ1v) is 7.64. The van der Waals surface area contributed by atoms with Crippen molar-refractivity contribution in [3.8, 4) is 0 Å². The summed E-state index contributed by atoms with van der Waals surface area (Å²) in [5, 5.41) is 6.89. The summed E-state index contributed by atoms with van der Waals surface area (Å²) in [7, 11) is 0. The predicted octanol–water partition coefficient (Wildman–Crippen LogP) is 1.01. The van der Waals surface area contributed by atoms with Crippen LogP contribution in [0.3, 0.4) is 0 Å². The quantitative estimate of drug-likeness (QED) is 0.878. The minimum absolute atomic E-state index is 0.0675. The second-order valence-electron chi connectivity index (χ2n) is 6.09. The Balaban J connectivity index is 1.78. The third-order valence-corrected chi connectivity index (χ3v) is 3.82. The molecule has 0 spiro atoms. The molecule has 118 valence electrons. The highest BCUT2D eigenvalue weighted by atomic mass is 16.5. The van der Waals surface area contributed by atoms with E-state index in [2.05, 4.69) is 20.3 Å². The standard InChI is InChI=1S/C15H26N4O2/c1-11(2)16-15(20)13(4)19-7-5-18(6-8-19)10-14-9-12(3)17-21-14/h9,11,13H,5-8,10H2,1-4H3,(H,16,20). The van der Waals surface area contributed by atoms with Gasteiger partial charge in [0.05, 0.1) is 18.3 Å². The number of nitrogens with one attached hydrogen (secondary N) is 1. The summed E-state index contributed by atoms with van der Waals surface area (Å²) in [6.45, 7) is 12.4. The molecule has 1 fully saturated rings. The van der Waals surface area contributed by atoms with Crippen LogP contribution in [0.2, 0.25) is 0 Å². The summed E-state index contributed by atoms with van der Waals surface area (Å²) < 4.78 is 5.25. The van der Waals surface area contributed by atoms with Crippen LogP contribution in [-0.4, -0.2) is 59.1 Å². The third-order valence-electron chi connectivity index (χ3n) is 3.82. The highest BCUT2D eigenvalue weighted by molar-refractivity contribution is 5.81. The molecule has 0 radical (unpaired) electrons. The second kappa shape index (κ2) is 7.04. The fraction of sp³-hybridized carbons (Fsp3) is 0.733. The monoisotopic (exact) mass is 294 g/mol. The van der Waals surface area contributed by atoms with E-state index in [9.17, 15) is 4.79 Å². The molecule has 6 nitrogen and oxygen atoms in total. The Morgan fingerprint density at radius 1 is 1.33 bits per heavy atom. The Morgan fingerprint density at radius 3 is 2.52 bits per heavy atom. The molecule has 0 bridgehead atoms. The molecule has 6 heteroatoms. The van der Waals surface area contributed by atoms with Crippen molar-refractivity contribution in [3.63, 3.8) is 0 Å². The highest BCUT2D eigenvalue weighted by Crippen LogP contribution is 2.11. The fourth-order valence-corrected chi connectivity index (χ4v) is 2.59. The summed E-state index contributed by atoms with van der Waals surface area (Å²) in [4.78, 5) is 16.6. The average Bonchev–Trinajstić information content (AvgIpc) is 2.83. The average molecular weight is 294 g/mol. The van der Waals surface area contributed by atoms with Crippen LogP contribution >= 0.6 is 0 Å². The van der Waals surface area contributed by atoms with Crippen LogP contribution in [-0.2, 0) is 11.3 Å². The van der Waals surface area contributed by atoms with E-state index < -0.39 is 0 Å². The first kappa shape index (κ1) is 16.0. The normalized spacial score (nSPS) is 18.9. The Labute approximate surface area is 126 Å². The fourth-order valence-electron chi connectivity index (χ4n) is 2.59. The topological polar surface area (TPSA) is 61.6 Å². The van der Waals surface area contributed by atoms with Crippen molar-refractivity contribution in [2.75, 3.05) is 26.2 Å². The zero-order valence-electron chi connectivity index (χ0n) is 13.4. The number of hydrogen-bond donors (Lipinski definition) is 1. The number of rotatable bonds is 5. The first-order chi connectivity index (χ1) is 9.95. The lowest BCUT2D eigenvalue weighted by Gasteiger charge is -2.37. The molecule has 0 aliphatic carbocycles. The Hall–Kier alpha value is -1.40. The number of nitrogens with zero attached hydrogens (tertiary/aromatic N) is 3. The van der Waals surface area contributed by atoms with E-state index in [1.807, 2.05) is 33.8 Å². The molecule has 1 aliphatic rings. The lowest BCUT2D eigenvalue weighted by molar-refractivity contribution is -0.127. The summed E-state index contributed by atoms with van der Waals surface area (Å²) in [5.41, 5.74) is 0.919. The van der Waals surface area contributed by atoms with E-state index in [4.69, 9.17) is 4.52 Å². The number of aromatic nitrogens is 1. The highest BCUT2D eigenvalue weighted by Gasteiger charge is 2.26. The van der Waals surface area contributed by atoms with Gasteiger partial charge in [0.1, 0.15) is 0 Å². The van der Waals surface area contributed by atoms with Gasteiger partial charge < -0.3 is 9.84 Å². The smallest absolute Gasteiger partial charge is 0.237 e. The Bertz CT molecular complexity index is 464. The zero-order chi connectivity index (χ0) is 15.4. The first-order valence-electron chi connectivity index (χ1n) is 7.64. The summed E-state index contributed by atoms with van der Waals surface area (Å²) >= 11 is 0. The number of carbonyl (C=O) groups is 1. The molecular weight excluding hydrogens is 268 g/mol. The van der Waals surface area contributed by atoms with Crippen molar-refractivity contribution in [1.29, 1.82) is 0 Å². The maximum atomic E-state index is 12.0. The Morgan fingerprint density at radius 2 is 2.00 bits per heavy atom. The molecule has 0 saturated carbocycles. The number of amides is 1. The number of aryl methyl sites for hydroxylation is 1. The molecule has 1 aromatic rings. The van der Waals surface area contributed by atoms with Gasteiger partial charge in [-0.05, 0) is 27.7 Å². The summed E-state index contributed by atoms with van der Waals surface area (Å²) in [6.07, 6.45) is 0. The molecule has 2 heterocycles. The predicted molar refractivity (Wildman–Crippen MR) is 80.8 cm³/mol. The van der Waals surface area contributed by atoms with Crippen LogP contribution in [0.5, 0.6) is 0 Å². The van der Waals surface area contributed by atoms with E-state index in [1.165, 1.54) is 0 Å². The maximum absolute atomic E-state index is 12.0. The minimum atomic E-state index is -0.0675. The van der Waals surface area contributed by atoms with E-state index in [0.717, 1.165) is 44.2 Å². The largest absolute Gasteiger partial charge is 0.360 e. The second-order valence-corrected chi connectivity index (χ2v) is 6.09. The molecule has 1 aromatic heterocycles. The lowest BCUT2D eigenvalue weighted by atomic mass is 10.2. The SMILES string of the molecule is Cc1cc(CN2CCN(C(C)C(=O)NC(C)C)CC2)on1. The maximum Gasteiger partial charge on any atom is 0.237 e. The van der Waals surface area contributed by atoms with Crippen LogP contribution in [0.4, 0.5) is 0 Å². The van der Waals surface area contributed by atoms with Crippen molar-refractivity contribution in [2.45, 2.75) is 46.3 Å². The van der Waals surface area contributed by atoms with E-state index >= 15 is 0 Å². The lowest BCUT2D eigenvalue weighted by Crippen LogP contribution is -2.54. The molecule has 1 amide bonds.